The van der Waals surface area contributed by atoms with Crippen LogP contribution in [-0.4, -0.2) is 18.6 Å². The maximum Gasteiger partial charge on any atom is 0.416 e. The Morgan fingerprint density at radius 1 is 0.963 bits per heavy atom. The number of halogens is 3. The number of nitrogens with zero attached hydrogens (tertiary/aromatic N) is 1. The van der Waals surface area contributed by atoms with Crippen LogP contribution >= 0.6 is 0 Å². The molecule has 27 heavy (non-hydrogen) atoms. The van der Waals surface area contributed by atoms with Crippen molar-refractivity contribution in [2.45, 2.75) is 44.3 Å². The first-order valence-corrected chi connectivity index (χ1v) is 9.12. The predicted molar refractivity (Wildman–Crippen MR) is 97.7 cm³/mol. The van der Waals surface area contributed by atoms with E-state index in [1.807, 2.05) is 30.3 Å². The van der Waals surface area contributed by atoms with E-state index in [-0.39, 0.29) is 24.3 Å². The summed E-state index contributed by atoms with van der Waals surface area (Å²) in [5, 5.41) is 0. The molecule has 0 spiro atoms. The van der Waals surface area contributed by atoms with Gasteiger partial charge in [0, 0.05) is 11.7 Å². The first-order valence-electron chi connectivity index (χ1n) is 9.12. The fourth-order valence-corrected chi connectivity index (χ4v) is 3.44. The second kappa shape index (κ2) is 8.46. The molecule has 1 amide bonds. The van der Waals surface area contributed by atoms with Gasteiger partial charge in [0.25, 0.3) is 5.91 Å². The highest BCUT2D eigenvalue weighted by Gasteiger charge is 2.30. The Bertz CT molecular complexity index is 738. The average molecular weight is 377 g/mol. The van der Waals surface area contributed by atoms with Crippen molar-refractivity contribution in [3.05, 3.63) is 60.2 Å². The molecule has 0 aromatic heterocycles. The van der Waals surface area contributed by atoms with Crippen LogP contribution in [0.4, 0.5) is 18.9 Å². The summed E-state index contributed by atoms with van der Waals surface area (Å²) in [6.45, 7) is -0.212. The monoisotopic (exact) mass is 377 g/mol. The number of carbonyl (C=O) groups excluding carboxylic acids is 1. The Balaban J connectivity index is 1.69. The molecule has 1 fully saturated rings. The van der Waals surface area contributed by atoms with Crippen LogP contribution < -0.4 is 9.64 Å². The van der Waals surface area contributed by atoms with Crippen molar-refractivity contribution in [3.8, 4) is 5.75 Å². The Morgan fingerprint density at radius 2 is 1.59 bits per heavy atom. The summed E-state index contributed by atoms with van der Waals surface area (Å²) in [6.07, 6.45) is 0.846. The highest BCUT2D eigenvalue weighted by Crippen LogP contribution is 2.31. The van der Waals surface area contributed by atoms with E-state index in [1.165, 1.54) is 18.6 Å². The zero-order valence-corrected chi connectivity index (χ0v) is 14.9. The summed E-state index contributed by atoms with van der Waals surface area (Å²) < 4.78 is 43.4. The van der Waals surface area contributed by atoms with Gasteiger partial charge in [-0.3, -0.25) is 4.79 Å². The second-order valence-electron chi connectivity index (χ2n) is 6.70. The first kappa shape index (κ1) is 19.3. The van der Waals surface area contributed by atoms with Crippen LogP contribution in [0.15, 0.2) is 54.6 Å². The van der Waals surface area contributed by atoms with Gasteiger partial charge in [-0.15, -0.1) is 0 Å². The van der Waals surface area contributed by atoms with Gasteiger partial charge in [-0.25, -0.2) is 0 Å². The molecule has 3 nitrogen and oxygen atoms in total. The van der Waals surface area contributed by atoms with E-state index in [0.29, 0.717) is 0 Å². The van der Waals surface area contributed by atoms with E-state index in [2.05, 4.69) is 0 Å². The molecule has 0 unspecified atom stereocenters. The van der Waals surface area contributed by atoms with Gasteiger partial charge in [-0.1, -0.05) is 37.5 Å². The lowest BCUT2D eigenvalue weighted by Gasteiger charge is -2.34. The van der Waals surface area contributed by atoms with E-state index in [1.54, 1.807) is 4.90 Å². The molecule has 0 N–H and O–H groups in total. The van der Waals surface area contributed by atoms with Crippen molar-refractivity contribution in [3.63, 3.8) is 0 Å². The van der Waals surface area contributed by atoms with Crippen molar-refractivity contribution < 1.29 is 22.7 Å². The number of hydrogen-bond acceptors (Lipinski definition) is 2. The molecule has 0 saturated heterocycles. The zero-order valence-electron chi connectivity index (χ0n) is 14.9. The molecule has 0 atom stereocenters. The Kier molecular flexibility index (Phi) is 6.04. The minimum atomic E-state index is -4.39. The molecule has 0 aliphatic heterocycles. The number of benzene rings is 2. The lowest BCUT2D eigenvalue weighted by Crippen LogP contribution is -2.44. The number of para-hydroxylation sites is 1. The van der Waals surface area contributed by atoms with Crippen LogP contribution in [0, 0.1) is 0 Å². The van der Waals surface area contributed by atoms with E-state index in [0.717, 1.165) is 43.5 Å². The third-order valence-electron chi connectivity index (χ3n) is 4.79. The molecule has 0 heterocycles. The Hall–Kier alpha value is -2.50. The van der Waals surface area contributed by atoms with Crippen molar-refractivity contribution >= 4 is 11.6 Å². The zero-order chi connectivity index (χ0) is 19.3. The lowest BCUT2D eigenvalue weighted by atomic mass is 9.93. The number of anilines is 1. The summed E-state index contributed by atoms with van der Waals surface area (Å²) in [6, 6.07) is 14.0. The van der Waals surface area contributed by atoms with Crippen LogP contribution in [0.25, 0.3) is 0 Å². The quantitative estimate of drug-likeness (QED) is 0.693. The van der Waals surface area contributed by atoms with Crippen molar-refractivity contribution in [1.82, 2.24) is 0 Å². The lowest BCUT2D eigenvalue weighted by molar-refractivity contribution is -0.137. The third kappa shape index (κ3) is 5.02. The van der Waals surface area contributed by atoms with Gasteiger partial charge in [-0.05, 0) is 49.2 Å². The molecule has 6 heteroatoms. The summed E-state index contributed by atoms with van der Waals surface area (Å²) in [5.41, 5.74) is 0.0831. The maximum atomic E-state index is 12.9. The van der Waals surface area contributed by atoms with Gasteiger partial charge < -0.3 is 9.64 Å². The molecular formula is C21H22F3NO2. The van der Waals surface area contributed by atoms with E-state index in [9.17, 15) is 18.0 Å². The minimum absolute atomic E-state index is 0.129. The molecule has 2 aromatic rings. The van der Waals surface area contributed by atoms with E-state index in [4.69, 9.17) is 4.74 Å². The molecule has 0 radical (unpaired) electrons. The smallest absolute Gasteiger partial charge is 0.416 e. The highest BCUT2D eigenvalue weighted by atomic mass is 19.4. The van der Waals surface area contributed by atoms with Gasteiger partial charge in [0.05, 0.1) is 5.56 Å². The van der Waals surface area contributed by atoms with Gasteiger partial charge in [0.1, 0.15) is 5.75 Å². The van der Waals surface area contributed by atoms with Gasteiger partial charge >= 0.3 is 6.18 Å². The highest BCUT2D eigenvalue weighted by molar-refractivity contribution is 5.95. The summed E-state index contributed by atoms with van der Waals surface area (Å²) in [7, 11) is 0. The second-order valence-corrected chi connectivity index (χ2v) is 6.70. The minimum Gasteiger partial charge on any atom is -0.484 e. The average Bonchev–Trinajstić information content (AvgIpc) is 2.68. The number of rotatable bonds is 5. The van der Waals surface area contributed by atoms with E-state index < -0.39 is 11.7 Å². The number of carbonyl (C=O) groups is 1. The number of alkyl halides is 3. The van der Waals surface area contributed by atoms with Crippen LogP contribution in [0.1, 0.15) is 37.7 Å². The molecule has 1 aliphatic rings. The number of hydrogen-bond donors (Lipinski definition) is 0. The van der Waals surface area contributed by atoms with Crippen LogP contribution in [0.5, 0.6) is 5.75 Å². The topological polar surface area (TPSA) is 29.5 Å². The fourth-order valence-electron chi connectivity index (χ4n) is 3.44. The van der Waals surface area contributed by atoms with Gasteiger partial charge in [0.2, 0.25) is 0 Å². The molecule has 2 aromatic carbocycles. The predicted octanol–water partition coefficient (Wildman–Crippen LogP) is 5.45. The number of amides is 1. The third-order valence-corrected chi connectivity index (χ3v) is 4.79. The van der Waals surface area contributed by atoms with Gasteiger partial charge in [-0.2, -0.15) is 13.2 Å². The molecule has 1 saturated carbocycles. The molecule has 1 aliphatic carbocycles. The van der Waals surface area contributed by atoms with Gasteiger partial charge in [0.15, 0.2) is 6.61 Å². The Morgan fingerprint density at radius 3 is 2.19 bits per heavy atom. The maximum absolute atomic E-state index is 12.9. The summed E-state index contributed by atoms with van der Waals surface area (Å²) in [5.74, 6) is 0.0565. The molecule has 0 bridgehead atoms. The van der Waals surface area contributed by atoms with Crippen LogP contribution in [0.3, 0.4) is 0 Å². The standard InChI is InChI=1S/C21H22F3NO2/c22-21(23,24)16-11-13-19(14-12-16)27-15-20(26)25(17-7-3-1-4-8-17)18-9-5-2-6-10-18/h1,3-4,7-8,11-14,18H,2,5-6,9-10,15H2. The SMILES string of the molecule is O=C(COc1ccc(C(F)(F)F)cc1)N(c1ccccc1)C1CCCCC1. The Labute approximate surface area is 156 Å². The fraction of sp³-hybridized carbons (Fsp3) is 0.381. The van der Waals surface area contributed by atoms with Crippen molar-refractivity contribution in [2.24, 2.45) is 0 Å². The first-order chi connectivity index (χ1) is 12.9. The van der Waals surface area contributed by atoms with Crippen LogP contribution in [0.2, 0.25) is 0 Å². The van der Waals surface area contributed by atoms with Crippen molar-refractivity contribution in [1.29, 1.82) is 0 Å². The molecule has 144 valence electrons. The normalized spacial score (nSPS) is 15.4. The summed E-state index contributed by atoms with van der Waals surface area (Å²) in [4.78, 5) is 14.6. The molecular weight excluding hydrogens is 355 g/mol. The van der Waals surface area contributed by atoms with E-state index >= 15 is 0 Å². The van der Waals surface area contributed by atoms with Crippen molar-refractivity contribution in [2.75, 3.05) is 11.5 Å². The summed E-state index contributed by atoms with van der Waals surface area (Å²) >= 11 is 0. The number of ether oxygens (including phenoxy) is 1. The largest absolute Gasteiger partial charge is 0.484 e. The molecule has 3 rings (SSSR count). The van der Waals surface area contributed by atoms with Crippen LogP contribution in [-0.2, 0) is 11.0 Å².